The molecule has 1 aliphatic rings. The van der Waals surface area contributed by atoms with Crippen LogP contribution in [0, 0.1) is 5.82 Å². The molecule has 0 amide bonds. The lowest BCUT2D eigenvalue weighted by Gasteiger charge is -2.15. The van der Waals surface area contributed by atoms with Crippen molar-refractivity contribution in [2.75, 3.05) is 6.54 Å². The third kappa shape index (κ3) is 1.77. The van der Waals surface area contributed by atoms with Gasteiger partial charge in [-0.2, -0.15) is 0 Å². The predicted octanol–water partition coefficient (Wildman–Crippen LogP) is 3.03. The molecule has 1 fully saturated rings. The van der Waals surface area contributed by atoms with E-state index >= 15 is 0 Å². The fraction of sp³-hybridized carbons (Fsp3) is 0.500. The lowest BCUT2D eigenvalue weighted by molar-refractivity contribution is 0.608. The molecule has 1 aliphatic carbocycles. The summed E-state index contributed by atoms with van der Waals surface area (Å²) in [7, 11) is 0. The van der Waals surface area contributed by atoms with Crippen LogP contribution in [-0.2, 0) is 11.8 Å². The van der Waals surface area contributed by atoms with E-state index in [-0.39, 0.29) is 16.3 Å². The largest absolute Gasteiger partial charge is 0.330 e. The molecule has 2 rings (SSSR count). The van der Waals surface area contributed by atoms with E-state index in [0.29, 0.717) is 18.5 Å². The van der Waals surface area contributed by atoms with Crippen LogP contribution >= 0.6 is 11.6 Å². The molecule has 0 unspecified atom stereocenters. The maximum atomic E-state index is 13.5. The van der Waals surface area contributed by atoms with Crippen LogP contribution in [0.5, 0.6) is 0 Å². The normalized spacial score (nSPS) is 17.9. The second-order valence-corrected chi connectivity index (χ2v) is 4.68. The molecule has 0 atom stereocenters. The molecule has 1 nitrogen and oxygen atoms in total. The zero-order valence-electron chi connectivity index (χ0n) is 8.82. The summed E-state index contributed by atoms with van der Waals surface area (Å²) in [5, 5.41) is 0.226. The maximum Gasteiger partial charge on any atom is 0.144 e. The van der Waals surface area contributed by atoms with Crippen LogP contribution in [0.15, 0.2) is 12.1 Å². The Hall–Kier alpha value is -0.600. The van der Waals surface area contributed by atoms with E-state index in [1.807, 2.05) is 13.0 Å². The lowest BCUT2D eigenvalue weighted by atomic mass is 9.94. The van der Waals surface area contributed by atoms with Gasteiger partial charge in [-0.25, -0.2) is 4.39 Å². The van der Waals surface area contributed by atoms with E-state index < -0.39 is 0 Å². The molecule has 82 valence electrons. The first kappa shape index (κ1) is 10.9. The number of hydrogen-bond donors (Lipinski definition) is 1. The SMILES string of the molecule is CCc1cc(C2(CN)CC2)cc(Cl)c1F. The van der Waals surface area contributed by atoms with Gasteiger partial charge in [-0.3, -0.25) is 0 Å². The van der Waals surface area contributed by atoms with Crippen LogP contribution in [0.1, 0.15) is 30.9 Å². The molecule has 1 saturated carbocycles. The number of halogens is 2. The van der Waals surface area contributed by atoms with Gasteiger partial charge < -0.3 is 5.73 Å². The van der Waals surface area contributed by atoms with Crippen molar-refractivity contribution < 1.29 is 4.39 Å². The zero-order valence-corrected chi connectivity index (χ0v) is 9.57. The van der Waals surface area contributed by atoms with Crippen molar-refractivity contribution in [1.29, 1.82) is 0 Å². The quantitative estimate of drug-likeness (QED) is 0.844. The highest BCUT2D eigenvalue weighted by atomic mass is 35.5. The Morgan fingerprint density at radius 2 is 2.13 bits per heavy atom. The third-order valence-electron chi connectivity index (χ3n) is 3.34. The first-order chi connectivity index (χ1) is 7.13. The Morgan fingerprint density at radius 1 is 1.47 bits per heavy atom. The summed E-state index contributed by atoms with van der Waals surface area (Å²) in [5.41, 5.74) is 7.62. The molecular formula is C12H15ClFN. The Balaban J connectivity index is 2.46. The van der Waals surface area contributed by atoms with Crippen molar-refractivity contribution in [2.45, 2.75) is 31.6 Å². The van der Waals surface area contributed by atoms with Crippen molar-refractivity contribution >= 4 is 11.6 Å². The van der Waals surface area contributed by atoms with Crippen LogP contribution in [0.3, 0.4) is 0 Å². The summed E-state index contributed by atoms with van der Waals surface area (Å²) in [6, 6.07) is 3.65. The molecule has 0 aromatic heterocycles. The van der Waals surface area contributed by atoms with Gasteiger partial charge in [-0.15, -0.1) is 0 Å². The second-order valence-electron chi connectivity index (χ2n) is 4.27. The minimum Gasteiger partial charge on any atom is -0.330 e. The number of rotatable bonds is 3. The molecule has 0 saturated heterocycles. The Kier molecular flexibility index (Phi) is 2.73. The summed E-state index contributed by atoms with van der Waals surface area (Å²) in [5.74, 6) is -0.282. The number of hydrogen-bond acceptors (Lipinski definition) is 1. The highest BCUT2D eigenvalue weighted by Crippen LogP contribution is 2.48. The predicted molar refractivity (Wildman–Crippen MR) is 60.8 cm³/mol. The Morgan fingerprint density at radius 3 is 2.60 bits per heavy atom. The summed E-state index contributed by atoms with van der Waals surface area (Å²) < 4.78 is 13.5. The molecule has 15 heavy (non-hydrogen) atoms. The minimum atomic E-state index is -0.282. The average Bonchev–Trinajstić information content (AvgIpc) is 3.02. The second kappa shape index (κ2) is 3.76. The summed E-state index contributed by atoms with van der Waals surface area (Å²) >= 11 is 5.87. The molecule has 1 aromatic rings. The molecule has 0 heterocycles. The minimum absolute atomic E-state index is 0.0846. The van der Waals surface area contributed by atoms with E-state index in [0.717, 1.165) is 18.4 Å². The smallest absolute Gasteiger partial charge is 0.144 e. The van der Waals surface area contributed by atoms with Crippen molar-refractivity contribution in [3.05, 3.63) is 34.1 Å². The molecule has 0 radical (unpaired) electrons. The van der Waals surface area contributed by atoms with Gasteiger partial charge in [0.15, 0.2) is 0 Å². The summed E-state index contributed by atoms with van der Waals surface area (Å²) in [6.07, 6.45) is 2.85. The summed E-state index contributed by atoms with van der Waals surface area (Å²) in [4.78, 5) is 0. The van der Waals surface area contributed by atoms with Gasteiger partial charge in [0, 0.05) is 12.0 Å². The van der Waals surface area contributed by atoms with Crippen molar-refractivity contribution in [1.82, 2.24) is 0 Å². The maximum absolute atomic E-state index is 13.5. The van der Waals surface area contributed by atoms with E-state index in [1.165, 1.54) is 0 Å². The van der Waals surface area contributed by atoms with Crippen molar-refractivity contribution in [3.63, 3.8) is 0 Å². The molecule has 0 aliphatic heterocycles. The highest BCUT2D eigenvalue weighted by molar-refractivity contribution is 6.30. The zero-order chi connectivity index (χ0) is 11.1. The fourth-order valence-electron chi connectivity index (χ4n) is 1.97. The van der Waals surface area contributed by atoms with Gasteiger partial charge in [0.1, 0.15) is 5.82 Å². The Bertz CT molecular complexity index is 385. The van der Waals surface area contributed by atoms with Crippen molar-refractivity contribution in [3.8, 4) is 0 Å². The van der Waals surface area contributed by atoms with Crippen LogP contribution in [0.4, 0.5) is 4.39 Å². The molecule has 0 bridgehead atoms. The Labute approximate surface area is 94.4 Å². The van der Waals surface area contributed by atoms with Gasteiger partial charge in [-0.1, -0.05) is 24.6 Å². The van der Waals surface area contributed by atoms with E-state index in [1.54, 1.807) is 6.07 Å². The molecular weight excluding hydrogens is 213 g/mol. The molecule has 0 spiro atoms. The van der Waals surface area contributed by atoms with Crippen molar-refractivity contribution in [2.24, 2.45) is 5.73 Å². The van der Waals surface area contributed by atoms with Gasteiger partial charge in [0.25, 0.3) is 0 Å². The first-order valence-corrected chi connectivity index (χ1v) is 5.69. The van der Waals surface area contributed by atoms with Crippen LogP contribution in [0.2, 0.25) is 5.02 Å². The van der Waals surface area contributed by atoms with E-state index in [4.69, 9.17) is 17.3 Å². The van der Waals surface area contributed by atoms with Gasteiger partial charge in [0.2, 0.25) is 0 Å². The topological polar surface area (TPSA) is 26.0 Å². The third-order valence-corrected chi connectivity index (χ3v) is 3.62. The van der Waals surface area contributed by atoms with E-state index in [9.17, 15) is 4.39 Å². The van der Waals surface area contributed by atoms with Crippen LogP contribution in [0.25, 0.3) is 0 Å². The first-order valence-electron chi connectivity index (χ1n) is 5.31. The van der Waals surface area contributed by atoms with Gasteiger partial charge >= 0.3 is 0 Å². The van der Waals surface area contributed by atoms with Crippen LogP contribution in [-0.4, -0.2) is 6.54 Å². The summed E-state index contributed by atoms with van der Waals surface area (Å²) in [6.45, 7) is 2.55. The standard InChI is InChI=1S/C12H15ClFN/c1-2-8-5-9(6-10(13)11(8)14)12(7-15)3-4-12/h5-6H,2-4,7,15H2,1H3. The fourth-order valence-corrected chi connectivity index (χ4v) is 2.21. The molecule has 1 aromatic carbocycles. The van der Waals surface area contributed by atoms with Gasteiger partial charge in [-0.05, 0) is 36.5 Å². The number of nitrogens with two attached hydrogens (primary N) is 1. The molecule has 3 heteroatoms. The lowest BCUT2D eigenvalue weighted by Crippen LogP contribution is -2.20. The highest BCUT2D eigenvalue weighted by Gasteiger charge is 2.43. The number of benzene rings is 1. The van der Waals surface area contributed by atoms with E-state index in [2.05, 4.69) is 0 Å². The monoisotopic (exact) mass is 227 g/mol. The van der Waals surface area contributed by atoms with Gasteiger partial charge in [0.05, 0.1) is 5.02 Å². The molecule has 2 N–H and O–H groups in total. The number of aryl methyl sites for hydroxylation is 1. The van der Waals surface area contributed by atoms with Crippen LogP contribution < -0.4 is 5.73 Å². The average molecular weight is 228 g/mol.